The summed E-state index contributed by atoms with van der Waals surface area (Å²) in [5.41, 5.74) is 0. The molecule has 2 fully saturated rings. The molecule has 2 aliphatic heterocycles. The molecule has 2 rings (SSSR count). The minimum Gasteiger partial charge on any atom is -0.480 e. The van der Waals surface area contributed by atoms with Crippen molar-refractivity contribution in [2.45, 2.75) is 62.2 Å². The van der Waals surface area contributed by atoms with Crippen LogP contribution in [0.3, 0.4) is 0 Å². The zero-order valence-electron chi connectivity index (χ0n) is 13.4. The summed E-state index contributed by atoms with van der Waals surface area (Å²) in [6, 6.07) is -1.44. The molecule has 0 bridgehead atoms. The highest BCUT2D eigenvalue weighted by molar-refractivity contribution is 8.00. The number of fused-ring (bicyclic) bond motifs is 1. The van der Waals surface area contributed by atoms with E-state index in [0.29, 0.717) is 12.2 Å². The van der Waals surface area contributed by atoms with Gasteiger partial charge in [0.1, 0.15) is 12.1 Å². The molecular weight excluding hydrogens is 336 g/mol. The van der Waals surface area contributed by atoms with Gasteiger partial charge in [-0.2, -0.15) is 12.6 Å². The number of nitrogens with zero attached hydrogens (tertiary/aromatic N) is 1. The Kier molecular flexibility index (Phi) is 6.25. The van der Waals surface area contributed by atoms with E-state index in [1.54, 1.807) is 0 Å². The van der Waals surface area contributed by atoms with Crippen LogP contribution in [0.15, 0.2) is 0 Å². The molecule has 6 nitrogen and oxygen atoms in total. The topological polar surface area (TPSA) is 86.7 Å². The summed E-state index contributed by atoms with van der Waals surface area (Å²) in [5, 5.41) is 11.5. The minimum atomic E-state index is -0.980. The number of hydrogen-bond donors (Lipinski definition) is 3. The Labute approximate surface area is 146 Å². The Bertz CT molecular complexity index is 488. The number of thiol groups is 1. The molecule has 23 heavy (non-hydrogen) atoms. The normalized spacial score (nSPS) is 30.3. The monoisotopic (exact) mass is 360 g/mol. The van der Waals surface area contributed by atoms with E-state index in [1.807, 2.05) is 13.8 Å². The van der Waals surface area contributed by atoms with Crippen LogP contribution in [0.1, 0.15) is 39.5 Å². The Morgan fingerprint density at radius 3 is 2.78 bits per heavy atom. The average Bonchev–Trinajstić information content (AvgIpc) is 2.89. The SMILES string of the molecule is CCC(C)C(S)C(=O)N[C@H]1CCC[C@H]2SC[C@@H](C(=O)O)N2C1=O. The molecule has 2 N–H and O–H groups in total. The number of nitrogens with one attached hydrogen (secondary N) is 1. The summed E-state index contributed by atoms with van der Waals surface area (Å²) >= 11 is 5.86. The van der Waals surface area contributed by atoms with E-state index in [1.165, 1.54) is 16.7 Å². The van der Waals surface area contributed by atoms with Crippen molar-refractivity contribution in [1.82, 2.24) is 10.2 Å². The Morgan fingerprint density at radius 2 is 2.17 bits per heavy atom. The van der Waals surface area contributed by atoms with Crippen LogP contribution >= 0.6 is 24.4 Å². The second-order valence-corrected chi connectivity index (χ2v) is 7.98. The van der Waals surface area contributed by atoms with Crippen LogP contribution < -0.4 is 5.32 Å². The van der Waals surface area contributed by atoms with Crippen molar-refractivity contribution in [1.29, 1.82) is 0 Å². The van der Waals surface area contributed by atoms with Gasteiger partial charge in [-0.15, -0.1) is 11.8 Å². The number of aliphatic carboxylic acids is 1. The first-order valence-electron chi connectivity index (χ1n) is 8.01. The van der Waals surface area contributed by atoms with Gasteiger partial charge in [-0.25, -0.2) is 4.79 Å². The second-order valence-electron chi connectivity index (χ2n) is 6.21. The molecule has 2 unspecified atom stereocenters. The number of thioether (sulfide) groups is 1. The van der Waals surface area contributed by atoms with Gasteiger partial charge in [0.05, 0.1) is 10.6 Å². The van der Waals surface area contributed by atoms with Gasteiger partial charge >= 0.3 is 5.97 Å². The highest BCUT2D eigenvalue weighted by Gasteiger charge is 2.45. The van der Waals surface area contributed by atoms with Crippen LogP contribution in [0.4, 0.5) is 0 Å². The van der Waals surface area contributed by atoms with Gasteiger partial charge in [-0.05, 0) is 25.2 Å². The number of carbonyl (C=O) groups is 3. The third-order valence-electron chi connectivity index (χ3n) is 4.64. The fraction of sp³-hybridized carbons (Fsp3) is 0.800. The van der Waals surface area contributed by atoms with Crippen molar-refractivity contribution in [2.75, 3.05) is 5.75 Å². The maximum absolute atomic E-state index is 12.7. The van der Waals surface area contributed by atoms with E-state index in [2.05, 4.69) is 17.9 Å². The minimum absolute atomic E-state index is 0.0909. The number of carboxylic acid groups (broad SMARTS) is 1. The third-order valence-corrected chi connectivity index (χ3v) is 6.74. The van der Waals surface area contributed by atoms with Crippen LogP contribution in [0.2, 0.25) is 0 Å². The molecule has 5 atom stereocenters. The molecule has 0 aromatic carbocycles. The van der Waals surface area contributed by atoms with Gasteiger partial charge in [0.25, 0.3) is 0 Å². The fourth-order valence-corrected chi connectivity index (χ4v) is 4.68. The van der Waals surface area contributed by atoms with Crippen molar-refractivity contribution in [2.24, 2.45) is 5.92 Å². The molecule has 2 heterocycles. The zero-order chi connectivity index (χ0) is 17.1. The molecule has 0 spiro atoms. The molecule has 2 saturated heterocycles. The van der Waals surface area contributed by atoms with Crippen molar-refractivity contribution >= 4 is 42.2 Å². The van der Waals surface area contributed by atoms with Crippen LogP contribution in [0.5, 0.6) is 0 Å². The maximum Gasteiger partial charge on any atom is 0.327 e. The van der Waals surface area contributed by atoms with Gasteiger partial charge < -0.3 is 15.3 Å². The lowest BCUT2D eigenvalue weighted by Crippen LogP contribution is -2.54. The largest absolute Gasteiger partial charge is 0.480 e. The van der Waals surface area contributed by atoms with E-state index in [4.69, 9.17) is 0 Å². The van der Waals surface area contributed by atoms with E-state index >= 15 is 0 Å². The van der Waals surface area contributed by atoms with E-state index in [-0.39, 0.29) is 23.1 Å². The number of rotatable bonds is 5. The van der Waals surface area contributed by atoms with Crippen molar-refractivity contribution in [3.63, 3.8) is 0 Å². The molecule has 0 radical (unpaired) electrons. The van der Waals surface area contributed by atoms with Gasteiger partial charge in [0.2, 0.25) is 11.8 Å². The smallest absolute Gasteiger partial charge is 0.327 e. The summed E-state index contributed by atoms with van der Waals surface area (Å²) in [6.07, 6.45) is 2.93. The number of hydrogen-bond acceptors (Lipinski definition) is 5. The molecule has 8 heteroatoms. The van der Waals surface area contributed by atoms with Crippen molar-refractivity contribution in [3.8, 4) is 0 Å². The van der Waals surface area contributed by atoms with E-state index in [9.17, 15) is 19.5 Å². The first-order chi connectivity index (χ1) is 10.9. The fourth-order valence-electron chi connectivity index (χ4n) is 2.94. The molecular formula is C15H24N2O4S2. The summed E-state index contributed by atoms with van der Waals surface area (Å²) in [5.74, 6) is -0.983. The summed E-state index contributed by atoms with van der Waals surface area (Å²) in [6.45, 7) is 3.93. The van der Waals surface area contributed by atoms with E-state index < -0.39 is 23.3 Å². The lowest BCUT2D eigenvalue weighted by atomic mass is 10.0. The summed E-state index contributed by atoms with van der Waals surface area (Å²) in [4.78, 5) is 37.9. The van der Waals surface area contributed by atoms with Crippen molar-refractivity contribution in [3.05, 3.63) is 0 Å². The number of amides is 2. The van der Waals surface area contributed by atoms with Crippen LogP contribution in [-0.2, 0) is 14.4 Å². The molecule has 130 valence electrons. The highest BCUT2D eigenvalue weighted by atomic mass is 32.2. The van der Waals surface area contributed by atoms with Gasteiger partial charge in [-0.1, -0.05) is 20.3 Å². The molecule has 2 aliphatic rings. The van der Waals surface area contributed by atoms with Crippen LogP contribution in [0.25, 0.3) is 0 Å². The van der Waals surface area contributed by atoms with Crippen LogP contribution in [0, 0.1) is 5.92 Å². The Hall–Kier alpha value is -0.890. The number of carboxylic acids is 1. The third kappa shape index (κ3) is 3.96. The summed E-state index contributed by atoms with van der Waals surface area (Å²) in [7, 11) is 0. The predicted molar refractivity (Wildman–Crippen MR) is 92.5 cm³/mol. The predicted octanol–water partition coefficient (Wildman–Crippen LogP) is 1.35. The Morgan fingerprint density at radius 1 is 1.48 bits per heavy atom. The van der Waals surface area contributed by atoms with Gasteiger partial charge in [0, 0.05) is 5.75 Å². The lowest BCUT2D eigenvalue weighted by Gasteiger charge is -2.29. The highest BCUT2D eigenvalue weighted by Crippen LogP contribution is 2.35. The maximum atomic E-state index is 12.7. The molecule has 2 amide bonds. The van der Waals surface area contributed by atoms with Gasteiger partial charge in [-0.3, -0.25) is 9.59 Å². The first kappa shape index (κ1) is 18.4. The lowest BCUT2D eigenvalue weighted by molar-refractivity contribution is -0.150. The molecule has 0 saturated carbocycles. The molecule has 0 aromatic heterocycles. The first-order valence-corrected chi connectivity index (χ1v) is 9.58. The standard InChI is InChI=1S/C15H24N2O4S2/c1-3-8(2)12(22)13(18)16-9-5-4-6-11-17(14(9)19)10(7-23-11)15(20)21/h8-12,22H,3-7H2,1-2H3,(H,16,18)(H,20,21)/t8?,9-,10-,11+,12?/m0/s1. The number of carbonyl (C=O) groups excluding carboxylic acids is 2. The van der Waals surface area contributed by atoms with Crippen LogP contribution in [-0.4, -0.2) is 56.3 Å². The second kappa shape index (κ2) is 7.79. The van der Waals surface area contributed by atoms with Gasteiger partial charge in [0.15, 0.2) is 0 Å². The molecule has 0 aliphatic carbocycles. The van der Waals surface area contributed by atoms with Crippen molar-refractivity contribution < 1.29 is 19.5 Å². The van der Waals surface area contributed by atoms with E-state index in [0.717, 1.165) is 19.3 Å². The summed E-state index contributed by atoms with van der Waals surface area (Å²) < 4.78 is 0. The Balaban J connectivity index is 2.09. The molecule has 0 aromatic rings. The quantitative estimate of drug-likeness (QED) is 0.645. The zero-order valence-corrected chi connectivity index (χ0v) is 15.1. The average molecular weight is 361 g/mol.